The second-order valence-electron chi connectivity index (χ2n) is 8.67. The van der Waals surface area contributed by atoms with Crippen molar-refractivity contribution >= 4 is 11.6 Å². The molecule has 2 aliphatic rings. The van der Waals surface area contributed by atoms with E-state index in [-0.39, 0.29) is 29.2 Å². The summed E-state index contributed by atoms with van der Waals surface area (Å²) in [7, 11) is 1.55. The molecule has 0 spiro atoms. The van der Waals surface area contributed by atoms with Gasteiger partial charge in [-0.3, -0.25) is 9.59 Å². The molecule has 2 aliphatic carbocycles. The predicted molar refractivity (Wildman–Crippen MR) is 96.6 cm³/mol. The number of benzene rings is 1. The summed E-state index contributed by atoms with van der Waals surface area (Å²) in [5.74, 6) is 0.778. The van der Waals surface area contributed by atoms with Gasteiger partial charge in [0.05, 0.1) is 7.11 Å². The zero-order valence-corrected chi connectivity index (χ0v) is 16.0. The summed E-state index contributed by atoms with van der Waals surface area (Å²) in [5.41, 5.74) is 1.14. The van der Waals surface area contributed by atoms with Crippen LogP contribution in [-0.2, 0) is 10.2 Å². The van der Waals surface area contributed by atoms with Crippen LogP contribution in [-0.4, -0.2) is 23.8 Å². The summed E-state index contributed by atoms with van der Waals surface area (Å²) >= 11 is 0. The Hall–Kier alpha value is -1.84. The average molecular weight is 344 g/mol. The van der Waals surface area contributed by atoms with Gasteiger partial charge in [0.25, 0.3) is 0 Å². The van der Waals surface area contributed by atoms with Gasteiger partial charge in [-0.05, 0) is 24.3 Å². The van der Waals surface area contributed by atoms with E-state index in [9.17, 15) is 14.7 Å². The highest BCUT2D eigenvalue weighted by Gasteiger charge is 2.56. The Morgan fingerprint density at radius 2 is 1.88 bits per heavy atom. The molecule has 136 valence electrons. The van der Waals surface area contributed by atoms with Gasteiger partial charge in [0.1, 0.15) is 5.78 Å². The molecule has 2 unspecified atom stereocenters. The minimum Gasteiger partial charge on any atom is -0.504 e. The summed E-state index contributed by atoms with van der Waals surface area (Å²) in [6, 6.07) is 1.89. The molecule has 4 heteroatoms. The predicted octanol–water partition coefficient (Wildman–Crippen LogP) is 4.37. The normalized spacial score (nSPS) is 27.9. The lowest BCUT2D eigenvalue weighted by molar-refractivity contribution is -0.136. The Kier molecular flexibility index (Phi) is 4.01. The Labute approximate surface area is 149 Å². The van der Waals surface area contributed by atoms with Crippen LogP contribution in [0.3, 0.4) is 0 Å². The molecule has 0 heterocycles. The van der Waals surface area contributed by atoms with Gasteiger partial charge in [0, 0.05) is 40.4 Å². The van der Waals surface area contributed by atoms with Gasteiger partial charge >= 0.3 is 0 Å². The molecule has 4 nitrogen and oxygen atoms in total. The number of Topliss-reactive ketones (excluding diaryl/α,β-unsaturated/α-hetero) is 2. The third-order valence-electron chi connectivity index (χ3n) is 6.60. The van der Waals surface area contributed by atoms with Crippen molar-refractivity contribution < 1.29 is 19.4 Å². The summed E-state index contributed by atoms with van der Waals surface area (Å²) in [5, 5.41) is 11.1. The minimum absolute atomic E-state index is 0.0140. The standard InChI is InChI=1S/C21H28O4/c1-11(2)12-9-13-14(22)10-15-20(3,4)16(23)7-8-21(15,5)17(13)18(24)19(12)25-6/h9,11,15,24H,7-8,10H2,1-6H3. The second kappa shape index (κ2) is 5.58. The highest BCUT2D eigenvalue weighted by Crippen LogP contribution is 2.59. The fourth-order valence-electron chi connectivity index (χ4n) is 5.05. The zero-order valence-electron chi connectivity index (χ0n) is 16.0. The van der Waals surface area contributed by atoms with Gasteiger partial charge in [-0.25, -0.2) is 0 Å². The lowest BCUT2D eigenvalue weighted by Crippen LogP contribution is -2.53. The maximum Gasteiger partial charge on any atom is 0.164 e. The molecule has 3 rings (SSSR count). The smallest absolute Gasteiger partial charge is 0.164 e. The summed E-state index contributed by atoms with van der Waals surface area (Å²) in [4.78, 5) is 25.4. The van der Waals surface area contributed by atoms with Crippen molar-refractivity contribution in [3.63, 3.8) is 0 Å². The first-order valence-corrected chi connectivity index (χ1v) is 9.06. The van der Waals surface area contributed by atoms with Crippen LogP contribution in [0.5, 0.6) is 11.5 Å². The van der Waals surface area contributed by atoms with E-state index in [1.54, 1.807) is 7.11 Å². The fraction of sp³-hybridized carbons (Fsp3) is 0.619. The van der Waals surface area contributed by atoms with Crippen LogP contribution in [0.25, 0.3) is 0 Å². The SMILES string of the molecule is COc1c(C(C)C)cc2c(c1O)C1(C)CCC(=O)C(C)(C)C1CC2=O. The number of phenols is 1. The van der Waals surface area contributed by atoms with Crippen LogP contribution in [0.2, 0.25) is 0 Å². The number of ether oxygens (including phenoxy) is 1. The van der Waals surface area contributed by atoms with Crippen molar-refractivity contribution in [2.45, 2.75) is 65.2 Å². The highest BCUT2D eigenvalue weighted by atomic mass is 16.5. The maximum absolute atomic E-state index is 12.9. The van der Waals surface area contributed by atoms with Crippen LogP contribution in [0.4, 0.5) is 0 Å². The molecule has 1 saturated carbocycles. The molecule has 0 aromatic heterocycles. The number of hydrogen-bond acceptors (Lipinski definition) is 4. The van der Waals surface area contributed by atoms with Crippen molar-refractivity contribution in [2.75, 3.05) is 7.11 Å². The molecule has 0 bridgehead atoms. The van der Waals surface area contributed by atoms with Crippen LogP contribution < -0.4 is 4.74 Å². The second-order valence-corrected chi connectivity index (χ2v) is 8.67. The van der Waals surface area contributed by atoms with Crippen molar-refractivity contribution in [2.24, 2.45) is 11.3 Å². The van der Waals surface area contributed by atoms with E-state index < -0.39 is 10.8 Å². The number of carbonyl (C=O) groups excluding carboxylic acids is 2. The van der Waals surface area contributed by atoms with Crippen molar-refractivity contribution in [3.8, 4) is 11.5 Å². The number of rotatable bonds is 2. The molecule has 0 aliphatic heterocycles. The fourth-order valence-corrected chi connectivity index (χ4v) is 5.05. The van der Waals surface area contributed by atoms with Gasteiger partial charge in [0.2, 0.25) is 0 Å². The average Bonchev–Trinajstić information content (AvgIpc) is 2.53. The Balaban J connectivity index is 2.31. The third-order valence-corrected chi connectivity index (χ3v) is 6.60. The number of fused-ring (bicyclic) bond motifs is 3. The molecular formula is C21H28O4. The number of phenolic OH excluding ortho intramolecular Hbond substituents is 1. The quantitative estimate of drug-likeness (QED) is 0.865. The number of ketones is 2. The number of methoxy groups -OCH3 is 1. The van der Waals surface area contributed by atoms with Crippen LogP contribution >= 0.6 is 0 Å². The molecule has 1 fully saturated rings. The largest absolute Gasteiger partial charge is 0.504 e. The first-order valence-electron chi connectivity index (χ1n) is 9.06. The van der Waals surface area contributed by atoms with Crippen molar-refractivity contribution in [1.29, 1.82) is 0 Å². The van der Waals surface area contributed by atoms with Gasteiger partial charge in [-0.1, -0.05) is 34.6 Å². The maximum atomic E-state index is 12.9. The number of hydrogen-bond donors (Lipinski definition) is 1. The van der Waals surface area contributed by atoms with Gasteiger partial charge in [-0.15, -0.1) is 0 Å². The molecule has 0 saturated heterocycles. The topological polar surface area (TPSA) is 63.6 Å². The highest BCUT2D eigenvalue weighted by molar-refractivity contribution is 6.02. The van der Waals surface area contributed by atoms with Gasteiger partial charge in [-0.2, -0.15) is 0 Å². The lowest BCUT2D eigenvalue weighted by atomic mass is 9.49. The van der Waals surface area contributed by atoms with Crippen molar-refractivity contribution in [3.05, 3.63) is 22.8 Å². The molecule has 2 atom stereocenters. The number of aromatic hydroxyl groups is 1. The Morgan fingerprint density at radius 3 is 2.44 bits per heavy atom. The van der Waals surface area contributed by atoms with E-state index in [0.717, 1.165) is 5.56 Å². The van der Waals surface area contributed by atoms with E-state index in [2.05, 4.69) is 6.92 Å². The van der Waals surface area contributed by atoms with E-state index in [1.807, 2.05) is 33.8 Å². The molecule has 25 heavy (non-hydrogen) atoms. The molecule has 1 aromatic carbocycles. The van der Waals surface area contributed by atoms with E-state index in [4.69, 9.17) is 4.74 Å². The van der Waals surface area contributed by atoms with E-state index in [1.165, 1.54) is 0 Å². The van der Waals surface area contributed by atoms with Crippen molar-refractivity contribution in [1.82, 2.24) is 0 Å². The van der Waals surface area contributed by atoms with E-state index >= 15 is 0 Å². The lowest BCUT2D eigenvalue weighted by Gasteiger charge is -2.52. The molecule has 0 amide bonds. The monoisotopic (exact) mass is 344 g/mol. The van der Waals surface area contributed by atoms with E-state index in [0.29, 0.717) is 36.1 Å². The zero-order chi connectivity index (χ0) is 18.7. The summed E-state index contributed by atoms with van der Waals surface area (Å²) < 4.78 is 5.51. The minimum atomic E-state index is -0.573. The summed E-state index contributed by atoms with van der Waals surface area (Å²) in [6.07, 6.45) is 1.48. The van der Waals surface area contributed by atoms with Gasteiger partial charge in [0.15, 0.2) is 17.3 Å². The summed E-state index contributed by atoms with van der Waals surface area (Å²) in [6.45, 7) is 10.00. The van der Waals surface area contributed by atoms with Crippen LogP contribution in [0, 0.1) is 11.3 Å². The first kappa shape index (κ1) is 18.0. The van der Waals surface area contributed by atoms with Crippen LogP contribution in [0.15, 0.2) is 6.07 Å². The van der Waals surface area contributed by atoms with Crippen LogP contribution in [0.1, 0.15) is 81.3 Å². The molecular weight excluding hydrogens is 316 g/mol. The molecule has 1 N–H and O–H groups in total. The molecule has 1 aromatic rings. The third kappa shape index (κ3) is 2.33. The Bertz CT molecular complexity index is 760. The number of carbonyl (C=O) groups is 2. The molecule has 0 radical (unpaired) electrons. The Morgan fingerprint density at radius 1 is 1.24 bits per heavy atom. The van der Waals surface area contributed by atoms with Gasteiger partial charge < -0.3 is 9.84 Å². The first-order chi connectivity index (χ1) is 11.6.